The quantitative estimate of drug-likeness (QED) is 0.328. The predicted octanol–water partition coefficient (Wildman–Crippen LogP) is 5.77. The van der Waals surface area contributed by atoms with E-state index < -0.39 is 11.8 Å². The van der Waals surface area contributed by atoms with Crippen molar-refractivity contribution in [1.29, 1.82) is 0 Å². The van der Waals surface area contributed by atoms with Gasteiger partial charge in [0.15, 0.2) is 6.73 Å². The number of hydrogen-bond acceptors (Lipinski definition) is 8. The van der Waals surface area contributed by atoms with Crippen LogP contribution in [-0.4, -0.2) is 104 Å². The van der Waals surface area contributed by atoms with E-state index in [1.165, 1.54) is 4.90 Å². The molecular weight excluding hydrogens is 674 g/mol. The first kappa shape index (κ1) is 32.6. The third-order valence-corrected chi connectivity index (χ3v) is 11.4. The summed E-state index contributed by atoms with van der Waals surface area (Å²) in [4.78, 5) is 34.2. The van der Waals surface area contributed by atoms with Gasteiger partial charge >= 0.3 is 5.97 Å². The number of anilines is 2. The van der Waals surface area contributed by atoms with E-state index in [4.69, 9.17) is 37.4 Å². The summed E-state index contributed by atoms with van der Waals surface area (Å²) in [5.41, 5.74) is 2.78. The maximum absolute atomic E-state index is 15.7. The number of ether oxygens (including phenoxy) is 3. The summed E-state index contributed by atoms with van der Waals surface area (Å²) in [5, 5.41) is 10.5. The van der Waals surface area contributed by atoms with Crippen molar-refractivity contribution in [3.05, 3.63) is 75.0 Å². The molecular formula is C36H37Cl2FN4O6. The zero-order valence-electron chi connectivity index (χ0n) is 27.3. The number of carbonyl (C=O) groups is 2. The van der Waals surface area contributed by atoms with E-state index in [0.29, 0.717) is 41.8 Å². The summed E-state index contributed by atoms with van der Waals surface area (Å²) in [5.74, 6) is -1.78. The van der Waals surface area contributed by atoms with Crippen LogP contribution in [0.4, 0.5) is 15.8 Å². The van der Waals surface area contributed by atoms with Crippen molar-refractivity contribution in [3.63, 3.8) is 0 Å². The minimum Gasteiger partial charge on any atom is -0.478 e. The number of para-hydroxylation sites is 1. The van der Waals surface area contributed by atoms with Crippen LogP contribution in [-0.2, 0) is 16.0 Å². The van der Waals surface area contributed by atoms with Crippen LogP contribution in [0.5, 0.6) is 5.75 Å². The lowest BCUT2D eigenvalue weighted by molar-refractivity contribution is -0.129. The topological polar surface area (TPSA) is 95.0 Å². The maximum atomic E-state index is 15.7. The molecule has 3 aromatic carbocycles. The third kappa shape index (κ3) is 5.60. The highest BCUT2D eigenvalue weighted by Gasteiger charge is 2.46. The summed E-state index contributed by atoms with van der Waals surface area (Å²) in [6.45, 7) is 6.70. The summed E-state index contributed by atoms with van der Waals surface area (Å²) in [7, 11) is 1.75. The summed E-state index contributed by atoms with van der Waals surface area (Å²) in [6.07, 6.45) is 1.76. The fourth-order valence-corrected chi connectivity index (χ4v) is 8.63. The minimum absolute atomic E-state index is 0.0319. The number of morpholine rings is 1. The highest BCUT2D eigenvalue weighted by molar-refractivity contribution is 6.40. The second kappa shape index (κ2) is 12.3. The first-order valence-electron chi connectivity index (χ1n) is 16.5. The van der Waals surface area contributed by atoms with Crippen LogP contribution in [0.1, 0.15) is 46.0 Å². The normalized spacial score (nSPS) is 23.1. The number of aromatic carboxylic acids is 1. The van der Waals surface area contributed by atoms with E-state index in [9.17, 15) is 14.7 Å². The molecule has 258 valence electrons. The number of halogens is 3. The van der Waals surface area contributed by atoms with E-state index in [0.717, 1.165) is 50.8 Å². The number of fused-ring (bicyclic) bond motifs is 3. The number of carbonyl (C=O) groups excluding carboxylic acids is 1. The minimum atomic E-state index is -1.19. The number of benzene rings is 3. The zero-order chi connectivity index (χ0) is 34.2. The van der Waals surface area contributed by atoms with Crippen molar-refractivity contribution in [2.75, 3.05) is 63.0 Å². The fraction of sp³-hybridized carbons (Fsp3) is 0.444. The average molecular weight is 712 g/mol. The number of carboxylic acids is 1. The summed E-state index contributed by atoms with van der Waals surface area (Å²) >= 11 is 13.4. The van der Waals surface area contributed by atoms with Crippen molar-refractivity contribution in [3.8, 4) is 16.9 Å². The Balaban J connectivity index is 1.01. The molecule has 0 spiro atoms. The van der Waals surface area contributed by atoms with Crippen LogP contribution in [0.15, 0.2) is 42.5 Å². The van der Waals surface area contributed by atoms with Gasteiger partial charge in [0.25, 0.3) is 5.91 Å². The van der Waals surface area contributed by atoms with Crippen LogP contribution in [0.3, 0.4) is 0 Å². The Morgan fingerprint density at radius 1 is 1.00 bits per heavy atom. The lowest BCUT2D eigenvalue weighted by Gasteiger charge is -2.56. The van der Waals surface area contributed by atoms with Crippen LogP contribution in [0, 0.1) is 5.82 Å². The van der Waals surface area contributed by atoms with Gasteiger partial charge in [0.1, 0.15) is 11.6 Å². The molecule has 3 aromatic rings. The van der Waals surface area contributed by atoms with Gasteiger partial charge in [-0.2, -0.15) is 0 Å². The molecule has 0 saturated carbocycles. The van der Waals surface area contributed by atoms with Crippen LogP contribution in [0.2, 0.25) is 10.0 Å². The number of carboxylic acid groups (broad SMARTS) is 1. The van der Waals surface area contributed by atoms with Crippen molar-refractivity contribution < 1.29 is 33.3 Å². The van der Waals surface area contributed by atoms with Crippen LogP contribution >= 0.6 is 23.2 Å². The number of rotatable bonds is 7. The van der Waals surface area contributed by atoms with Crippen molar-refractivity contribution in [2.24, 2.45) is 0 Å². The molecule has 49 heavy (non-hydrogen) atoms. The molecule has 1 N–H and O–H groups in total. The second-order valence-corrected chi connectivity index (χ2v) is 14.8. The lowest BCUT2D eigenvalue weighted by Crippen LogP contribution is -2.71. The van der Waals surface area contributed by atoms with Crippen molar-refractivity contribution >= 4 is 46.5 Å². The van der Waals surface area contributed by atoms with Crippen LogP contribution in [0.25, 0.3) is 11.1 Å². The highest BCUT2D eigenvalue weighted by Crippen LogP contribution is 2.44. The number of amides is 1. The van der Waals surface area contributed by atoms with E-state index in [1.54, 1.807) is 37.4 Å². The Hall–Kier alpha value is -3.61. The van der Waals surface area contributed by atoms with Gasteiger partial charge in [-0.25, -0.2) is 9.18 Å². The Kier molecular flexibility index (Phi) is 8.19. The van der Waals surface area contributed by atoms with E-state index in [1.807, 2.05) is 6.07 Å². The molecule has 8 rings (SSSR count). The summed E-state index contributed by atoms with van der Waals surface area (Å²) in [6, 6.07) is 12.1. The van der Waals surface area contributed by atoms with Gasteiger partial charge < -0.3 is 34.0 Å². The Labute approximate surface area is 293 Å². The smallest absolute Gasteiger partial charge is 0.337 e. The van der Waals surface area contributed by atoms with Crippen LogP contribution < -0.4 is 14.5 Å². The number of likely N-dealkylation sites (tertiary alicyclic amines) is 1. The number of nitrogens with zero attached hydrogens (tertiary/aromatic N) is 4. The fourth-order valence-electron chi connectivity index (χ4n) is 7.99. The molecule has 0 aromatic heterocycles. The van der Waals surface area contributed by atoms with Gasteiger partial charge in [-0.1, -0.05) is 41.4 Å². The molecule has 5 aliphatic heterocycles. The molecule has 2 bridgehead atoms. The van der Waals surface area contributed by atoms with Gasteiger partial charge in [-0.15, -0.1) is 0 Å². The molecule has 5 aliphatic rings. The molecule has 1 amide bonds. The van der Waals surface area contributed by atoms with E-state index in [2.05, 4.69) is 21.6 Å². The van der Waals surface area contributed by atoms with Gasteiger partial charge in [-0.05, 0) is 44.0 Å². The first-order valence-corrected chi connectivity index (χ1v) is 17.3. The molecule has 13 heteroatoms. The molecule has 0 aliphatic carbocycles. The Bertz CT molecular complexity index is 1810. The average Bonchev–Trinajstić information content (AvgIpc) is 3.28. The Morgan fingerprint density at radius 2 is 1.69 bits per heavy atom. The molecule has 2 atom stereocenters. The zero-order valence-corrected chi connectivity index (χ0v) is 28.8. The largest absolute Gasteiger partial charge is 0.478 e. The highest BCUT2D eigenvalue weighted by atomic mass is 35.5. The van der Waals surface area contributed by atoms with E-state index in [-0.39, 0.29) is 63.6 Å². The molecule has 4 saturated heterocycles. The molecule has 10 nitrogen and oxygen atoms in total. The predicted molar refractivity (Wildman–Crippen MR) is 184 cm³/mol. The number of methoxy groups -OCH3 is 1. The standard InChI is InChI=1S/C36H37Cl2FN4O6/c1-36(47-2)17-42(18-36)24-13-40(14-24)23-8-28(37)32(29(38)9-23)34(44)41-12-20-4-3-5-25(33(20)49-19-41)26-11-31(27(35(45)46)10-30(26)39)43-21-6-7-22(43)16-48-15-21/h3-5,8-11,21-22,24H,6-7,12-19H2,1-2H3,(H,45,46). The van der Waals surface area contributed by atoms with Crippen molar-refractivity contribution in [2.45, 2.75) is 50.0 Å². The van der Waals surface area contributed by atoms with Gasteiger partial charge in [-0.3, -0.25) is 9.69 Å². The van der Waals surface area contributed by atoms with Gasteiger partial charge in [0.05, 0.1) is 64.3 Å². The van der Waals surface area contributed by atoms with E-state index >= 15 is 4.39 Å². The number of hydrogen-bond donors (Lipinski definition) is 1. The third-order valence-electron chi connectivity index (χ3n) is 10.8. The molecule has 4 fully saturated rings. The lowest BCUT2D eigenvalue weighted by atomic mass is 9.91. The molecule has 5 heterocycles. The Morgan fingerprint density at radius 3 is 2.35 bits per heavy atom. The second-order valence-electron chi connectivity index (χ2n) is 14.0. The molecule has 2 unspecified atom stereocenters. The van der Waals surface area contributed by atoms with Gasteiger partial charge in [0, 0.05) is 61.7 Å². The molecule has 0 radical (unpaired) electrons. The first-order chi connectivity index (χ1) is 23.5. The maximum Gasteiger partial charge on any atom is 0.337 e. The van der Waals surface area contributed by atoms with Crippen molar-refractivity contribution in [1.82, 2.24) is 9.80 Å². The SMILES string of the molecule is COC1(C)CN(C2CN(c3cc(Cl)c(C(=O)N4COc5c(cccc5-c5cc(N6C7CCC6COC7)c(C(=O)O)cc5F)C4)c(Cl)c3)C2)C1. The summed E-state index contributed by atoms with van der Waals surface area (Å²) < 4.78 is 33.2. The monoisotopic (exact) mass is 710 g/mol. The van der Waals surface area contributed by atoms with Gasteiger partial charge in [0.2, 0.25) is 0 Å².